The normalized spacial score (nSPS) is 12.6. The molecule has 0 aliphatic carbocycles. The fourth-order valence-corrected chi connectivity index (χ4v) is 2.79. The molecule has 0 bridgehead atoms. The highest BCUT2D eigenvalue weighted by molar-refractivity contribution is 5.33. The number of benzene rings is 2. The van der Waals surface area contributed by atoms with E-state index in [2.05, 4.69) is 74.5 Å². The lowest BCUT2D eigenvalue weighted by molar-refractivity contribution is 0.0448. The van der Waals surface area contributed by atoms with Gasteiger partial charge in [-0.05, 0) is 24.5 Å². The van der Waals surface area contributed by atoms with E-state index in [1.54, 1.807) is 0 Å². The fourth-order valence-electron chi connectivity index (χ4n) is 2.79. The van der Waals surface area contributed by atoms with E-state index < -0.39 is 0 Å². The van der Waals surface area contributed by atoms with E-state index >= 15 is 0 Å². The number of ether oxygens (including phenoxy) is 1. The molecule has 0 fully saturated rings. The third-order valence-electron chi connectivity index (χ3n) is 3.64. The van der Waals surface area contributed by atoms with Crippen LogP contribution in [0.4, 0.5) is 0 Å². The molecule has 106 valence electrons. The molecule has 1 atom stereocenters. The quantitative estimate of drug-likeness (QED) is 0.685. The largest absolute Gasteiger partial charge is 0.378 e. The van der Waals surface area contributed by atoms with E-state index in [4.69, 9.17) is 4.74 Å². The van der Waals surface area contributed by atoms with E-state index in [9.17, 15) is 0 Å². The minimum atomic E-state index is 0.245. The van der Waals surface area contributed by atoms with E-state index in [1.165, 1.54) is 11.1 Å². The zero-order chi connectivity index (χ0) is 14.2. The Balaban J connectivity index is 2.38. The number of rotatable bonds is 7. The molecule has 0 N–H and O–H groups in total. The first-order valence-electron chi connectivity index (χ1n) is 7.58. The van der Waals surface area contributed by atoms with Crippen LogP contribution in [0, 0.1) is 0 Å². The molecule has 0 saturated heterocycles. The van der Waals surface area contributed by atoms with Crippen LogP contribution < -0.4 is 0 Å². The summed E-state index contributed by atoms with van der Waals surface area (Å²) in [5, 5.41) is 0. The zero-order valence-corrected chi connectivity index (χ0v) is 12.5. The van der Waals surface area contributed by atoms with Crippen molar-refractivity contribution in [3.05, 3.63) is 71.8 Å². The van der Waals surface area contributed by atoms with Gasteiger partial charge in [0.15, 0.2) is 0 Å². The topological polar surface area (TPSA) is 9.23 Å². The summed E-state index contributed by atoms with van der Waals surface area (Å²) in [6.45, 7) is 5.07. The molecule has 20 heavy (non-hydrogen) atoms. The van der Waals surface area contributed by atoms with Crippen molar-refractivity contribution >= 4 is 0 Å². The highest BCUT2D eigenvalue weighted by Gasteiger charge is 2.24. The van der Waals surface area contributed by atoms with Crippen LogP contribution in [0.2, 0.25) is 0 Å². The fraction of sp³-hybridized carbons (Fsp3) is 0.368. The monoisotopic (exact) mass is 268 g/mol. The predicted octanol–water partition coefficient (Wildman–Crippen LogP) is 5.02. The lowest BCUT2D eigenvalue weighted by Crippen LogP contribution is -2.23. The van der Waals surface area contributed by atoms with Crippen molar-refractivity contribution in [1.29, 1.82) is 0 Å². The van der Waals surface area contributed by atoms with Gasteiger partial charge < -0.3 is 4.74 Å². The number of hydrogen-bond donors (Lipinski definition) is 0. The molecule has 2 rings (SSSR count). The molecule has 0 saturated carbocycles. The van der Waals surface area contributed by atoms with Crippen molar-refractivity contribution in [3.63, 3.8) is 0 Å². The van der Waals surface area contributed by atoms with Crippen LogP contribution in [0.15, 0.2) is 60.7 Å². The van der Waals surface area contributed by atoms with Gasteiger partial charge in [-0.1, -0.05) is 74.0 Å². The van der Waals surface area contributed by atoms with E-state index in [1.807, 2.05) is 0 Å². The third-order valence-corrected chi connectivity index (χ3v) is 3.64. The Hall–Kier alpha value is -1.60. The molecule has 2 aromatic carbocycles. The van der Waals surface area contributed by atoms with Gasteiger partial charge in [0.25, 0.3) is 0 Å². The highest BCUT2D eigenvalue weighted by atomic mass is 16.5. The first-order valence-corrected chi connectivity index (χ1v) is 7.58. The molecule has 0 aliphatic heterocycles. The summed E-state index contributed by atoms with van der Waals surface area (Å²) in [4.78, 5) is 0. The summed E-state index contributed by atoms with van der Waals surface area (Å²) >= 11 is 0. The maximum Gasteiger partial charge on any atom is 0.0683 e. The van der Waals surface area contributed by atoms with E-state index in [0.717, 1.165) is 19.4 Å². The average Bonchev–Trinajstić information content (AvgIpc) is 2.50. The molecule has 1 nitrogen and oxygen atoms in total. The molecular weight excluding hydrogens is 244 g/mol. The second-order valence-corrected chi connectivity index (χ2v) is 5.08. The summed E-state index contributed by atoms with van der Waals surface area (Å²) in [5.74, 6) is 0.317. The highest BCUT2D eigenvalue weighted by Crippen LogP contribution is 2.31. The molecule has 1 unspecified atom stereocenters. The predicted molar refractivity (Wildman–Crippen MR) is 85.0 cm³/mol. The van der Waals surface area contributed by atoms with Crippen LogP contribution in [0.25, 0.3) is 0 Å². The molecule has 0 aliphatic rings. The van der Waals surface area contributed by atoms with Crippen molar-refractivity contribution in [2.75, 3.05) is 6.61 Å². The molecule has 0 aromatic heterocycles. The first kappa shape index (κ1) is 14.8. The molecule has 0 radical (unpaired) electrons. The van der Waals surface area contributed by atoms with Gasteiger partial charge >= 0.3 is 0 Å². The third kappa shape index (κ3) is 3.71. The van der Waals surface area contributed by atoms with Gasteiger partial charge in [0.2, 0.25) is 0 Å². The van der Waals surface area contributed by atoms with Crippen molar-refractivity contribution in [1.82, 2.24) is 0 Å². The minimum Gasteiger partial charge on any atom is -0.378 e. The summed E-state index contributed by atoms with van der Waals surface area (Å²) in [5.41, 5.74) is 2.68. The Morgan fingerprint density at radius 2 is 1.30 bits per heavy atom. The Kier molecular flexibility index (Phi) is 5.82. The smallest absolute Gasteiger partial charge is 0.0683 e. The standard InChI is InChI=1S/C19H24O/c1-3-11-18(20-4-2)19(16-12-7-5-8-13-16)17-14-9-6-10-15-17/h5-10,12-15,18-19H,3-4,11H2,1-2H3. The summed E-state index contributed by atoms with van der Waals surface area (Å²) in [6, 6.07) is 21.4. The molecule has 0 heterocycles. The molecule has 2 aromatic rings. The van der Waals surface area contributed by atoms with Crippen LogP contribution >= 0.6 is 0 Å². The van der Waals surface area contributed by atoms with Gasteiger partial charge in [-0.3, -0.25) is 0 Å². The molecule has 0 amide bonds. The minimum absolute atomic E-state index is 0.245. The van der Waals surface area contributed by atoms with Crippen molar-refractivity contribution in [2.24, 2.45) is 0 Å². The Morgan fingerprint density at radius 3 is 1.70 bits per heavy atom. The average molecular weight is 268 g/mol. The molecule has 1 heteroatoms. The zero-order valence-electron chi connectivity index (χ0n) is 12.5. The summed E-state index contributed by atoms with van der Waals surface area (Å²) in [6.07, 6.45) is 2.47. The van der Waals surface area contributed by atoms with Crippen molar-refractivity contribution in [2.45, 2.75) is 38.7 Å². The Bertz CT molecular complexity index is 432. The number of hydrogen-bond acceptors (Lipinski definition) is 1. The van der Waals surface area contributed by atoms with Gasteiger partial charge in [-0.15, -0.1) is 0 Å². The second kappa shape index (κ2) is 7.86. The lowest BCUT2D eigenvalue weighted by Gasteiger charge is -2.28. The maximum absolute atomic E-state index is 6.05. The Labute approximate surface area is 122 Å². The van der Waals surface area contributed by atoms with Gasteiger partial charge in [0.05, 0.1) is 6.10 Å². The van der Waals surface area contributed by atoms with Crippen molar-refractivity contribution < 1.29 is 4.74 Å². The van der Waals surface area contributed by atoms with Gasteiger partial charge in [-0.2, -0.15) is 0 Å². The van der Waals surface area contributed by atoms with Crippen LogP contribution in [0.3, 0.4) is 0 Å². The lowest BCUT2D eigenvalue weighted by atomic mass is 9.85. The maximum atomic E-state index is 6.05. The molecular formula is C19H24O. The summed E-state index contributed by atoms with van der Waals surface area (Å²) in [7, 11) is 0. The van der Waals surface area contributed by atoms with Gasteiger partial charge in [-0.25, -0.2) is 0 Å². The van der Waals surface area contributed by atoms with E-state index in [-0.39, 0.29) is 6.10 Å². The van der Waals surface area contributed by atoms with Crippen molar-refractivity contribution in [3.8, 4) is 0 Å². The van der Waals surface area contributed by atoms with Gasteiger partial charge in [0.1, 0.15) is 0 Å². The molecule has 0 spiro atoms. The SMILES string of the molecule is CCCC(OCC)C(c1ccccc1)c1ccccc1. The van der Waals surface area contributed by atoms with Crippen LogP contribution in [0.5, 0.6) is 0 Å². The van der Waals surface area contributed by atoms with E-state index in [0.29, 0.717) is 5.92 Å². The Morgan fingerprint density at radius 1 is 0.800 bits per heavy atom. The van der Waals surface area contributed by atoms with Crippen LogP contribution in [-0.2, 0) is 4.74 Å². The van der Waals surface area contributed by atoms with Crippen LogP contribution in [0.1, 0.15) is 43.7 Å². The first-order chi connectivity index (χ1) is 9.86. The summed E-state index contributed by atoms with van der Waals surface area (Å²) < 4.78 is 6.05. The van der Waals surface area contributed by atoms with Gasteiger partial charge in [0, 0.05) is 12.5 Å². The second-order valence-electron chi connectivity index (χ2n) is 5.08. The van der Waals surface area contributed by atoms with Crippen LogP contribution in [-0.4, -0.2) is 12.7 Å².